The zero-order chi connectivity index (χ0) is 26.0. The average molecular weight is 505 g/mol. The van der Waals surface area contributed by atoms with E-state index in [9.17, 15) is 9.59 Å². The molecule has 2 N–H and O–H groups in total. The Labute approximate surface area is 218 Å². The Hall–Kier alpha value is -3.72. The van der Waals surface area contributed by atoms with E-state index in [4.69, 9.17) is 4.74 Å². The number of pyridine rings is 1. The molecule has 0 unspecified atom stereocenters. The Balaban J connectivity index is 1.55. The molecule has 0 spiro atoms. The first kappa shape index (κ1) is 26.3. The molecule has 4 rings (SSSR count). The number of carbonyl (C=O) groups is 2. The molecule has 9 heteroatoms. The molecule has 9 nitrogen and oxygen atoms in total. The average Bonchev–Trinajstić information content (AvgIpc) is 3.35. The number of hydrogen-bond donors (Lipinski definition) is 2. The van der Waals surface area contributed by atoms with Crippen molar-refractivity contribution in [2.24, 2.45) is 5.92 Å². The van der Waals surface area contributed by atoms with E-state index in [0.29, 0.717) is 39.2 Å². The fraction of sp³-hybridized carbons (Fsp3) is 0.429. The van der Waals surface area contributed by atoms with Crippen molar-refractivity contribution in [3.63, 3.8) is 0 Å². The summed E-state index contributed by atoms with van der Waals surface area (Å²) in [6.45, 7) is 6.95. The number of nitrogens with one attached hydrogen (secondary N) is 2. The molecule has 1 aliphatic rings. The molecule has 0 aliphatic carbocycles. The maximum atomic E-state index is 13.1. The first-order chi connectivity index (χ1) is 18.0. The molecule has 1 aromatic carbocycles. The predicted molar refractivity (Wildman–Crippen MR) is 142 cm³/mol. The van der Waals surface area contributed by atoms with Gasteiger partial charge < -0.3 is 19.9 Å². The Morgan fingerprint density at radius 1 is 1.08 bits per heavy atom. The molecule has 196 valence electrons. The summed E-state index contributed by atoms with van der Waals surface area (Å²) in [5, 5.41) is 5.97. The minimum absolute atomic E-state index is 0.170. The number of fused-ring (bicyclic) bond motifs is 4. The lowest BCUT2D eigenvalue weighted by atomic mass is 10.0. The summed E-state index contributed by atoms with van der Waals surface area (Å²) in [6.07, 6.45) is 6.70. The summed E-state index contributed by atoms with van der Waals surface area (Å²) >= 11 is 0. The van der Waals surface area contributed by atoms with Crippen LogP contribution >= 0.6 is 0 Å². The van der Waals surface area contributed by atoms with Gasteiger partial charge in [0.2, 0.25) is 11.8 Å². The molecular weight excluding hydrogens is 468 g/mol. The van der Waals surface area contributed by atoms with Crippen molar-refractivity contribution in [1.29, 1.82) is 0 Å². The van der Waals surface area contributed by atoms with Gasteiger partial charge in [0.05, 0.1) is 18.8 Å². The van der Waals surface area contributed by atoms with E-state index in [1.54, 1.807) is 12.4 Å². The maximum Gasteiger partial charge on any atom is 0.242 e. The lowest BCUT2D eigenvalue weighted by Gasteiger charge is -2.25. The predicted octanol–water partition coefficient (Wildman–Crippen LogP) is 2.88. The monoisotopic (exact) mass is 504 g/mol. The van der Waals surface area contributed by atoms with Gasteiger partial charge in [-0.25, -0.2) is 4.98 Å². The highest BCUT2D eigenvalue weighted by Gasteiger charge is 2.23. The van der Waals surface area contributed by atoms with Gasteiger partial charge in [-0.3, -0.25) is 19.5 Å². The van der Waals surface area contributed by atoms with Crippen LogP contribution in [-0.4, -0.2) is 63.5 Å². The molecule has 0 radical (unpaired) electrons. The van der Waals surface area contributed by atoms with Crippen LogP contribution in [0.3, 0.4) is 0 Å². The molecule has 0 fully saturated rings. The Bertz CT molecular complexity index is 1160. The van der Waals surface area contributed by atoms with E-state index in [0.717, 1.165) is 29.3 Å². The van der Waals surface area contributed by atoms with Crippen LogP contribution < -0.4 is 15.4 Å². The van der Waals surface area contributed by atoms with Gasteiger partial charge >= 0.3 is 0 Å². The van der Waals surface area contributed by atoms with Crippen molar-refractivity contribution in [2.45, 2.75) is 45.8 Å². The number of nitrogens with zero attached hydrogens (tertiary/aromatic N) is 4. The van der Waals surface area contributed by atoms with Gasteiger partial charge in [0.15, 0.2) is 0 Å². The molecule has 1 atom stereocenters. The van der Waals surface area contributed by atoms with Crippen LogP contribution in [0.15, 0.2) is 61.1 Å². The standard InChI is InChI=1S/C28H36N6O3/c1-21(2)17-25-28(36)31-12-15-34-14-11-30-27(34)22-7-5-9-24(18-22)37-16-6-13-33(20-26(35)32-25)19-23-8-3-4-10-29-23/h3-5,7-11,14,18,21,25H,6,12-13,15-17,19-20H2,1-2H3,(H,31,36)(H,32,35)/t25-/m1/s1. The highest BCUT2D eigenvalue weighted by Crippen LogP contribution is 2.23. The highest BCUT2D eigenvalue weighted by atomic mass is 16.5. The van der Waals surface area contributed by atoms with E-state index >= 15 is 0 Å². The zero-order valence-corrected chi connectivity index (χ0v) is 21.6. The number of carbonyl (C=O) groups excluding carboxylic acids is 2. The first-order valence-corrected chi connectivity index (χ1v) is 12.9. The van der Waals surface area contributed by atoms with Crippen LogP contribution in [-0.2, 0) is 22.7 Å². The fourth-order valence-corrected chi connectivity index (χ4v) is 4.46. The highest BCUT2D eigenvalue weighted by molar-refractivity contribution is 5.88. The van der Waals surface area contributed by atoms with Gasteiger partial charge in [0.1, 0.15) is 17.6 Å². The van der Waals surface area contributed by atoms with Crippen molar-refractivity contribution < 1.29 is 14.3 Å². The van der Waals surface area contributed by atoms with Gasteiger partial charge in [-0.1, -0.05) is 32.0 Å². The quantitative estimate of drug-likeness (QED) is 0.567. The number of imidazole rings is 1. The summed E-state index contributed by atoms with van der Waals surface area (Å²) in [4.78, 5) is 37.1. The summed E-state index contributed by atoms with van der Waals surface area (Å²) in [5.74, 6) is 1.49. The molecule has 3 aromatic rings. The number of hydrogen-bond acceptors (Lipinski definition) is 6. The van der Waals surface area contributed by atoms with Crippen LogP contribution in [0.5, 0.6) is 5.75 Å². The lowest BCUT2D eigenvalue weighted by molar-refractivity contribution is -0.130. The molecule has 1 aliphatic heterocycles. The fourth-order valence-electron chi connectivity index (χ4n) is 4.46. The SMILES string of the molecule is CC(C)C[C@H]1NC(=O)CN(Cc2ccccn2)CCCOc2cccc(c2)-c2nccn2CCNC1=O. The normalized spacial score (nSPS) is 18.2. The number of ether oxygens (including phenoxy) is 1. The third-order valence-corrected chi connectivity index (χ3v) is 6.18. The van der Waals surface area contributed by atoms with E-state index in [-0.39, 0.29) is 24.3 Å². The second-order valence-corrected chi connectivity index (χ2v) is 9.75. The minimum Gasteiger partial charge on any atom is -0.494 e. The van der Waals surface area contributed by atoms with Gasteiger partial charge in [-0.05, 0) is 43.0 Å². The van der Waals surface area contributed by atoms with Crippen molar-refractivity contribution in [3.8, 4) is 17.1 Å². The number of amides is 2. The van der Waals surface area contributed by atoms with Crippen LogP contribution in [0.4, 0.5) is 0 Å². The number of rotatable bonds is 4. The second-order valence-electron chi connectivity index (χ2n) is 9.75. The Morgan fingerprint density at radius 3 is 2.78 bits per heavy atom. The summed E-state index contributed by atoms with van der Waals surface area (Å²) in [5.41, 5.74) is 1.84. The molecule has 2 bridgehead atoms. The third-order valence-electron chi connectivity index (χ3n) is 6.18. The van der Waals surface area contributed by atoms with Crippen molar-refractivity contribution in [3.05, 3.63) is 66.7 Å². The van der Waals surface area contributed by atoms with Crippen LogP contribution in [0, 0.1) is 5.92 Å². The molecule has 0 saturated heterocycles. The zero-order valence-electron chi connectivity index (χ0n) is 21.6. The topological polar surface area (TPSA) is 101 Å². The first-order valence-electron chi connectivity index (χ1n) is 12.9. The van der Waals surface area contributed by atoms with Gasteiger partial charge in [0, 0.05) is 50.3 Å². The van der Waals surface area contributed by atoms with Gasteiger partial charge in [-0.15, -0.1) is 0 Å². The number of benzene rings is 1. The summed E-state index contributed by atoms with van der Waals surface area (Å²) < 4.78 is 8.05. The smallest absolute Gasteiger partial charge is 0.242 e. The Morgan fingerprint density at radius 2 is 1.97 bits per heavy atom. The van der Waals surface area contributed by atoms with Gasteiger partial charge in [-0.2, -0.15) is 0 Å². The van der Waals surface area contributed by atoms with E-state index < -0.39 is 6.04 Å². The van der Waals surface area contributed by atoms with E-state index in [1.165, 1.54) is 0 Å². The van der Waals surface area contributed by atoms with Crippen molar-refractivity contribution in [2.75, 3.05) is 26.2 Å². The molecule has 3 heterocycles. The minimum atomic E-state index is -0.592. The second kappa shape index (κ2) is 13.0. The number of aromatic nitrogens is 3. The lowest BCUT2D eigenvalue weighted by Crippen LogP contribution is -2.50. The van der Waals surface area contributed by atoms with Crippen LogP contribution in [0.25, 0.3) is 11.4 Å². The summed E-state index contributed by atoms with van der Waals surface area (Å²) in [7, 11) is 0. The molecular formula is C28H36N6O3. The summed E-state index contributed by atoms with van der Waals surface area (Å²) in [6, 6.07) is 13.0. The molecule has 2 amide bonds. The molecule has 0 saturated carbocycles. The van der Waals surface area contributed by atoms with E-state index in [2.05, 4.69) is 20.6 Å². The van der Waals surface area contributed by atoms with Gasteiger partial charge in [0.25, 0.3) is 0 Å². The molecule has 2 aromatic heterocycles. The Kier molecular flexibility index (Phi) is 9.26. The third kappa shape index (κ3) is 7.88. The maximum absolute atomic E-state index is 13.1. The molecule has 37 heavy (non-hydrogen) atoms. The largest absolute Gasteiger partial charge is 0.494 e. The van der Waals surface area contributed by atoms with Crippen LogP contribution in [0.1, 0.15) is 32.4 Å². The van der Waals surface area contributed by atoms with Crippen molar-refractivity contribution >= 4 is 11.8 Å². The van der Waals surface area contributed by atoms with Crippen molar-refractivity contribution in [1.82, 2.24) is 30.1 Å². The van der Waals surface area contributed by atoms with Crippen LogP contribution in [0.2, 0.25) is 0 Å². The van der Waals surface area contributed by atoms with E-state index in [1.807, 2.05) is 72.0 Å².